The summed E-state index contributed by atoms with van der Waals surface area (Å²) in [5, 5.41) is 7.85. The summed E-state index contributed by atoms with van der Waals surface area (Å²) >= 11 is 0. The van der Waals surface area contributed by atoms with Crippen LogP contribution in [0.3, 0.4) is 0 Å². The van der Waals surface area contributed by atoms with Gasteiger partial charge in [-0.2, -0.15) is 0 Å². The van der Waals surface area contributed by atoms with Crippen molar-refractivity contribution in [1.29, 1.82) is 0 Å². The zero-order valence-electron chi connectivity index (χ0n) is 14.4. The Morgan fingerprint density at radius 2 is 2.29 bits per heavy atom. The lowest BCUT2D eigenvalue weighted by molar-refractivity contribution is 0.394. The van der Waals surface area contributed by atoms with Crippen LogP contribution in [0.25, 0.3) is 10.9 Å². The smallest absolute Gasteiger partial charge is 0.190 e. The summed E-state index contributed by atoms with van der Waals surface area (Å²) in [5.74, 6) is 1.32. The van der Waals surface area contributed by atoms with Gasteiger partial charge in [0, 0.05) is 43.8 Å². The Morgan fingerprint density at radius 3 is 3.04 bits per heavy atom. The molecule has 130 valence electrons. The van der Waals surface area contributed by atoms with Crippen molar-refractivity contribution in [2.24, 2.45) is 10.9 Å². The topological polar surface area (TPSA) is 55.5 Å². The molecule has 1 aromatic heterocycles. The van der Waals surface area contributed by atoms with Gasteiger partial charge < -0.3 is 20.5 Å². The monoisotopic (exact) mass is 331 g/mol. The summed E-state index contributed by atoms with van der Waals surface area (Å²) in [6.45, 7) is 4.07. The molecule has 3 rings (SSSR count). The normalized spacial score (nSPS) is 19.1. The van der Waals surface area contributed by atoms with Crippen LogP contribution in [0.4, 0.5) is 4.39 Å². The number of aliphatic imine (C=N–C) groups is 1. The van der Waals surface area contributed by atoms with Crippen LogP contribution in [0.5, 0.6) is 0 Å². The lowest BCUT2D eigenvalue weighted by Crippen LogP contribution is -2.40. The van der Waals surface area contributed by atoms with Crippen LogP contribution in [0.15, 0.2) is 29.4 Å². The summed E-state index contributed by atoms with van der Waals surface area (Å²) in [5.41, 5.74) is 2.03. The molecule has 0 saturated carbocycles. The Kier molecular flexibility index (Phi) is 5.35. The van der Waals surface area contributed by atoms with Gasteiger partial charge in [-0.05, 0) is 56.1 Å². The van der Waals surface area contributed by atoms with Crippen LogP contribution in [0, 0.1) is 11.7 Å². The van der Waals surface area contributed by atoms with Gasteiger partial charge in [-0.15, -0.1) is 0 Å². The van der Waals surface area contributed by atoms with Crippen molar-refractivity contribution in [2.75, 3.05) is 40.3 Å². The van der Waals surface area contributed by atoms with E-state index >= 15 is 0 Å². The number of rotatable bonds is 5. The fraction of sp³-hybridized carbons (Fsp3) is 0.500. The first-order chi connectivity index (χ1) is 11.7. The third-order valence-electron chi connectivity index (χ3n) is 4.69. The van der Waals surface area contributed by atoms with Crippen LogP contribution < -0.4 is 10.6 Å². The van der Waals surface area contributed by atoms with Gasteiger partial charge in [-0.1, -0.05) is 0 Å². The summed E-state index contributed by atoms with van der Waals surface area (Å²) in [6.07, 6.45) is 4.06. The molecule has 1 saturated heterocycles. The lowest BCUT2D eigenvalue weighted by atomic mass is 10.1. The molecule has 1 unspecified atom stereocenters. The minimum absolute atomic E-state index is 0.212. The zero-order chi connectivity index (χ0) is 16.9. The number of benzene rings is 1. The lowest BCUT2D eigenvalue weighted by Gasteiger charge is -2.15. The van der Waals surface area contributed by atoms with Crippen LogP contribution in [0.2, 0.25) is 0 Å². The zero-order valence-corrected chi connectivity index (χ0v) is 14.4. The third-order valence-corrected chi connectivity index (χ3v) is 4.69. The molecule has 5 nitrogen and oxygen atoms in total. The van der Waals surface area contributed by atoms with E-state index in [4.69, 9.17) is 0 Å². The molecule has 1 fully saturated rings. The first-order valence-corrected chi connectivity index (χ1v) is 8.54. The number of fused-ring (bicyclic) bond motifs is 1. The minimum atomic E-state index is -0.212. The molecule has 1 atom stereocenters. The second kappa shape index (κ2) is 7.66. The highest BCUT2D eigenvalue weighted by molar-refractivity contribution is 5.83. The first kappa shape index (κ1) is 16.8. The maximum Gasteiger partial charge on any atom is 0.190 e. The molecular formula is C18H26FN5. The Hall–Kier alpha value is -2.08. The van der Waals surface area contributed by atoms with Crippen LogP contribution in [-0.4, -0.2) is 56.1 Å². The number of likely N-dealkylation sites (tertiary alicyclic amines) is 1. The van der Waals surface area contributed by atoms with E-state index in [-0.39, 0.29) is 5.82 Å². The average molecular weight is 331 g/mol. The SMILES string of the molecule is CN=C(NCCc1c[nH]c2cc(F)ccc12)NCC1CCN(C)C1. The molecule has 0 spiro atoms. The number of aromatic amines is 1. The number of nitrogens with one attached hydrogen (secondary N) is 3. The van der Waals surface area contributed by atoms with Crippen molar-refractivity contribution < 1.29 is 4.39 Å². The quantitative estimate of drug-likeness (QED) is 0.580. The molecule has 0 amide bonds. The molecule has 0 aliphatic carbocycles. The predicted octanol–water partition coefficient (Wildman–Crippen LogP) is 1.97. The highest BCUT2D eigenvalue weighted by Gasteiger charge is 2.19. The van der Waals surface area contributed by atoms with E-state index in [1.807, 2.05) is 12.3 Å². The van der Waals surface area contributed by atoms with Crippen LogP contribution in [0.1, 0.15) is 12.0 Å². The maximum atomic E-state index is 13.2. The average Bonchev–Trinajstić information content (AvgIpc) is 3.16. The van der Waals surface area contributed by atoms with E-state index in [0.29, 0.717) is 5.92 Å². The Bertz CT molecular complexity index is 708. The van der Waals surface area contributed by atoms with Crippen LogP contribution in [-0.2, 0) is 6.42 Å². The maximum absolute atomic E-state index is 13.2. The van der Waals surface area contributed by atoms with Gasteiger partial charge in [0.05, 0.1) is 0 Å². The van der Waals surface area contributed by atoms with Crippen molar-refractivity contribution in [2.45, 2.75) is 12.8 Å². The second-order valence-corrected chi connectivity index (χ2v) is 6.55. The number of hydrogen-bond acceptors (Lipinski definition) is 2. The van der Waals surface area contributed by atoms with Crippen molar-refractivity contribution in [3.63, 3.8) is 0 Å². The van der Waals surface area contributed by atoms with E-state index in [0.717, 1.165) is 42.9 Å². The molecule has 24 heavy (non-hydrogen) atoms. The Labute approximate surface area is 142 Å². The molecule has 0 bridgehead atoms. The van der Waals surface area contributed by atoms with E-state index in [9.17, 15) is 4.39 Å². The third kappa shape index (κ3) is 4.06. The van der Waals surface area contributed by atoms with E-state index in [2.05, 4.69) is 32.6 Å². The molecule has 0 radical (unpaired) electrons. The largest absolute Gasteiger partial charge is 0.361 e. The number of H-pyrrole nitrogens is 1. The van der Waals surface area contributed by atoms with Gasteiger partial charge in [-0.3, -0.25) is 4.99 Å². The molecule has 3 N–H and O–H groups in total. The van der Waals surface area contributed by atoms with E-state index < -0.39 is 0 Å². The molecule has 1 aliphatic rings. The number of nitrogens with zero attached hydrogens (tertiary/aromatic N) is 2. The molecule has 2 aromatic rings. The fourth-order valence-electron chi connectivity index (χ4n) is 3.34. The summed E-state index contributed by atoms with van der Waals surface area (Å²) in [4.78, 5) is 9.78. The Morgan fingerprint density at radius 1 is 1.42 bits per heavy atom. The number of guanidine groups is 1. The summed E-state index contributed by atoms with van der Waals surface area (Å²) in [6, 6.07) is 4.87. The molecular weight excluding hydrogens is 305 g/mol. The van der Waals surface area contributed by atoms with E-state index in [1.165, 1.54) is 30.7 Å². The van der Waals surface area contributed by atoms with Crippen LogP contribution >= 0.6 is 0 Å². The van der Waals surface area contributed by atoms with Gasteiger partial charge in [0.25, 0.3) is 0 Å². The van der Waals surface area contributed by atoms with E-state index in [1.54, 1.807) is 7.05 Å². The first-order valence-electron chi connectivity index (χ1n) is 8.54. The fourth-order valence-corrected chi connectivity index (χ4v) is 3.34. The van der Waals surface area contributed by atoms with Crippen molar-refractivity contribution in [3.05, 3.63) is 35.8 Å². The standard InChI is InChI=1S/C18H26FN5/c1-20-18(23-10-13-6-8-24(2)12-13)21-7-5-14-11-22-17-9-15(19)3-4-16(14)17/h3-4,9,11,13,22H,5-8,10,12H2,1-2H3,(H2,20,21,23). The Balaban J connectivity index is 1.47. The van der Waals surface area contributed by atoms with Gasteiger partial charge in [0.15, 0.2) is 5.96 Å². The number of hydrogen-bond donors (Lipinski definition) is 3. The highest BCUT2D eigenvalue weighted by atomic mass is 19.1. The summed E-state index contributed by atoms with van der Waals surface area (Å²) < 4.78 is 13.2. The van der Waals surface area contributed by atoms with Gasteiger partial charge >= 0.3 is 0 Å². The van der Waals surface area contributed by atoms with Crippen molar-refractivity contribution in [3.8, 4) is 0 Å². The van der Waals surface area contributed by atoms with Crippen molar-refractivity contribution in [1.82, 2.24) is 20.5 Å². The summed E-state index contributed by atoms with van der Waals surface area (Å²) in [7, 11) is 3.96. The second-order valence-electron chi connectivity index (χ2n) is 6.55. The minimum Gasteiger partial charge on any atom is -0.361 e. The molecule has 1 aliphatic heterocycles. The van der Waals surface area contributed by atoms with Gasteiger partial charge in [0.1, 0.15) is 5.82 Å². The van der Waals surface area contributed by atoms with Crippen molar-refractivity contribution >= 4 is 16.9 Å². The molecule has 1 aromatic carbocycles. The predicted molar refractivity (Wildman–Crippen MR) is 96.9 cm³/mol. The molecule has 2 heterocycles. The molecule has 6 heteroatoms. The van der Waals surface area contributed by atoms with Gasteiger partial charge in [-0.25, -0.2) is 4.39 Å². The number of halogens is 1. The highest BCUT2D eigenvalue weighted by Crippen LogP contribution is 2.19. The number of aromatic nitrogens is 1. The van der Waals surface area contributed by atoms with Gasteiger partial charge in [0.2, 0.25) is 0 Å².